The zero-order valence-electron chi connectivity index (χ0n) is 12.6. The molecule has 116 valence electrons. The van der Waals surface area contributed by atoms with Crippen LogP contribution in [-0.2, 0) is 6.42 Å². The van der Waals surface area contributed by atoms with Crippen molar-refractivity contribution >= 4 is 16.8 Å². The van der Waals surface area contributed by atoms with Gasteiger partial charge in [0, 0.05) is 28.9 Å². The number of hydrogen-bond acceptors (Lipinski definition) is 5. The highest BCUT2D eigenvalue weighted by Gasteiger charge is 2.16. The molecule has 0 saturated heterocycles. The lowest BCUT2D eigenvalue weighted by Gasteiger charge is -2.11. The quantitative estimate of drug-likeness (QED) is 0.745. The molecule has 2 heterocycles. The predicted octanol–water partition coefficient (Wildman–Crippen LogP) is 1.68. The number of carbonyl (C=O) groups is 1. The topological polar surface area (TPSA) is 108 Å². The molecule has 0 unspecified atom stereocenters. The molecule has 0 spiro atoms. The second-order valence-electron chi connectivity index (χ2n) is 5.23. The molecule has 1 amide bonds. The number of primary amides is 1. The van der Waals surface area contributed by atoms with Crippen LogP contribution in [0.1, 0.15) is 22.5 Å². The Labute approximate surface area is 133 Å². The number of rotatable bonds is 5. The standard InChI is InChI=1S/C17H17N5O/c18-8-2-7-14-13-6-1-5-12(11-4-3-9-20-10-11)15(13)21-22-16(14)17(19)23/h1,3-6,9-10H,2,7-8,18H2,(H2,19,23). The lowest BCUT2D eigenvalue weighted by atomic mass is 9.97. The fraction of sp³-hybridized carbons (Fsp3) is 0.176. The Balaban J connectivity index is 2.25. The zero-order valence-corrected chi connectivity index (χ0v) is 12.6. The van der Waals surface area contributed by atoms with E-state index in [9.17, 15) is 4.79 Å². The van der Waals surface area contributed by atoms with Crippen molar-refractivity contribution in [1.29, 1.82) is 0 Å². The molecule has 0 aliphatic carbocycles. The smallest absolute Gasteiger partial charge is 0.269 e. The van der Waals surface area contributed by atoms with E-state index in [1.54, 1.807) is 12.4 Å². The minimum Gasteiger partial charge on any atom is -0.364 e. The van der Waals surface area contributed by atoms with Gasteiger partial charge in [0.2, 0.25) is 0 Å². The summed E-state index contributed by atoms with van der Waals surface area (Å²) in [6, 6.07) is 9.66. The van der Waals surface area contributed by atoms with Crippen LogP contribution in [0.4, 0.5) is 0 Å². The molecule has 0 radical (unpaired) electrons. The van der Waals surface area contributed by atoms with Crippen LogP contribution >= 0.6 is 0 Å². The molecule has 0 fully saturated rings. The van der Waals surface area contributed by atoms with Crippen molar-refractivity contribution in [2.24, 2.45) is 11.5 Å². The number of nitrogens with zero attached hydrogens (tertiary/aromatic N) is 3. The summed E-state index contributed by atoms with van der Waals surface area (Å²) in [5, 5.41) is 9.18. The van der Waals surface area contributed by atoms with Gasteiger partial charge in [0.25, 0.3) is 5.91 Å². The van der Waals surface area contributed by atoms with Gasteiger partial charge in [0.15, 0.2) is 5.69 Å². The van der Waals surface area contributed by atoms with Gasteiger partial charge in [-0.3, -0.25) is 9.78 Å². The normalized spacial score (nSPS) is 10.8. The van der Waals surface area contributed by atoms with Crippen LogP contribution in [0, 0.1) is 0 Å². The van der Waals surface area contributed by atoms with Crippen LogP contribution in [0.15, 0.2) is 42.7 Å². The number of fused-ring (bicyclic) bond motifs is 1. The van der Waals surface area contributed by atoms with Gasteiger partial charge in [0.05, 0.1) is 0 Å². The second-order valence-corrected chi connectivity index (χ2v) is 5.23. The van der Waals surface area contributed by atoms with Crippen molar-refractivity contribution in [3.8, 4) is 11.1 Å². The van der Waals surface area contributed by atoms with Crippen molar-refractivity contribution in [2.75, 3.05) is 6.54 Å². The number of aryl methyl sites for hydroxylation is 1. The van der Waals surface area contributed by atoms with E-state index >= 15 is 0 Å². The van der Waals surface area contributed by atoms with Crippen LogP contribution < -0.4 is 11.5 Å². The molecular weight excluding hydrogens is 290 g/mol. The summed E-state index contributed by atoms with van der Waals surface area (Å²) in [6.07, 6.45) is 4.88. The summed E-state index contributed by atoms with van der Waals surface area (Å²) in [7, 11) is 0. The van der Waals surface area contributed by atoms with Crippen molar-refractivity contribution in [1.82, 2.24) is 15.2 Å². The maximum absolute atomic E-state index is 11.7. The highest BCUT2D eigenvalue weighted by molar-refractivity contribution is 6.01. The van der Waals surface area contributed by atoms with E-state index in [4.69, 9.17) is 11.5 Å². The Morgan fingerprint density at radius 1 is 1.13 bits per heavy atom. The van der Waals surface area contributed by atoms with E-state index in [0.29, 0.717) is 13.0 Å². The Bertz CT molecular complexity index is 848. The van der Waals surface area contributed by atoms with Gasteiger partial charge in [0.1, 0.15) is 5.52 Å². The maximum atomic E-state index is 11.7. The number of aromatic nitrogens is 3. The molecule has 0 aliphatic heterocycles. The van der Waals surface area contributed by atoms with Crippen LogP contribution in [0.2, 0.25) is 0 Å². The molecule has 4 N–H and O–H groups in total. The Kier molecular flexibility index (Phi) is 4.25. The molecular formula is C17H17N5O. The highest BCUT2D eigenvalue weighted by Crippen LogP contribution is 2.29. The molecule has 0 atom stereocenters. The van der Waals surface area contributed by atoms with Crippen LogP contribution in [0.3, 0.4) is 0 Å². The van der Waals surface area contributed by atoms with Crippen molar-refractivity contribution < 1.29 is 4.79 Å². The average molecular weight is 307 g/mol. The van der Waals surface area contributed by atoms with Crippen molar-refractivity contribution in [2.45, 2.75) is 12.8 Å². The molecule has 2 aromatic heterocycles. The largest absolute Gasteiger partial charge is 0.364 e. The third-order valence-corrected chi connectivity index (χ3v) is 3.73. The van der Waals surface area contributed by atoms with E-state index in [2.05, 4.69) is 15.2 Å². The molecule has 0 aliphatic rings. The number of carbonyl (C=O) groups excluding carboxylic acids is 1. The van der Waals surface area contributed by atoms with Gasteiger partial charge in [-0.1, -0.05) is 24.3 Å². The fourth-order valence-corrected chi connectivity index (χ4v) is 2.67. The van der Waals surface area contributed by atoms with E-state index in [1.807, 2.05) is 30.3 Å². The molecule has 23 heavy (non-hydrogen) atoms. The fourth-order valence-electron chi connectivity index (χ4n) is 2.67. The first kappa shape index (κ1) is 15.1. The third kappa shape index (κ3) is 2.89. The molecule has 0 bridgehead atoms. The minimum absolute atomic E-state index is 0.217. The van der Waals surface area contributed by atoms with Gasteiger partial charge in [-0.25, -0.2) is 0 Å². The number of pyridine rings is 1. The van der Waals surface area contributed by atoms with Gasteiger partial charge in [-0.2, -0.15) is 0 Å². The molecule has 1 aromatic carbocycles. The number of nitrogens with two attached hydrogens (primary N) is 2. The Hall–Kier alpha value is -2.86. The van der Waals surface area contributed by atoms with E-state index in [1.165, 1.54) is 0 Å². The summed E-state index contributed by atoms with van der Waals surface area (Å²) in [6.45, 7) is 0.532. The summed E-state index contributed by atoms with van der Waals surface area (Å²) in [5.74, 6) is -0.571. The summed E-state index contributed by atoms with van der Waals surface area (Å²) in [5.41, 5.74) is 14.7. The first-order chi connectivity index (χ1) is 11.2. The summed E-state index contributed by atoms with van der Waals surface area (Å²) >= 11 is 0. The zero-order chi connectivity index (χ0) is 16.2. The molecule has 6 heteroatoms. The van der Waals surface area contributed by atoms with E-state index in [0.717, 1.165) is 34.0 Å². The minimum atomic E-state index is -0.571. The van der Waals surface area contributed by atoms with Gasteiger partial charge in [-0.15, -0.1) is 10.2 Å². The molecule has 6 nitrogen and oxygen atoms in total. The summed E-state index contributed by atoms with van der Waals surface area (Å²) < 4.78 is 0. The number of benzene rings is 1. The summed E-state index contributed by atoms with van der Waals surface area (Å²) in [4.78, 5) is 15.8. The van der Waals surface area contributed by atoms with Crippen LogP contribution in [0.5, 0.6) is 0 Å². The van der Waals surface area contributed by atoms with Gasteiger partial charge < -0.3 is 11.5 Å². The molecule has 3 aromatic rings. The third-order valence-electron chi connectivity index (χ3n) is 3.73. The van der Waals surface area contributed by atoms with E-state index < -0.39 is 5.91 Å². The Morgan fingerprint density at radius 3 is 2.70 bits per heavy atom. The van der Waals surface area contributed by atoms with Crippen molar-refractivity contribution in [3.63, 3.8) is 0 Å². The lowest BCUT2D eigenvalue weighted by Crippen LogP contribution is -2.18. The first-order valence-corrected chi connectivity index (χ1v) is 7.41. The van der Waals surface area contributed by atoms with Crippen molar-refractivity contribution in [3.05, 3.63) is 54.0 Å². The van der Waals surface area contributed by atoms with Crippen LogP contribution in [0.25, 0.3) is 22.0 Å². The molecule has 0 saturated carbocycles. The molecule has 3 rings (SSSR count). The predicted molar refractivity (Wildman–Crippen MR) is 88.7 cm³/mol. The number of hydrogen-bond donors (Lipinski definition) is 2. The lowest BCUT2D eigenvalue weighted by molar-refractivity contribution is 0.0994. The second kappa shape index (κ2) is 6.50. The van der Waals surface area contributed by atoms with Crippen LogP contribution in [-0.4, -0.2) is 27.6 Å². The SMILES string of the molecule is NCCCc1c(C(N)=O)nnc2c(-c3cccnc3)cccc12. The highest BCUT2D eigenvalue weighted by atomic mass is 16.1. The monoisotopic (exact) mass is 307 g/mol. The maximum Gasteiger partial charge on any atom is 0.269 e. The Morgan fingerprint density at radius 2 is 2.00 bits per heavy atom. The van der Waals surface area contributed by atoms with Gasteiger partial charge in [-0.05, 0) is 31.0 Å². The average Bonchev–Trinajstić information content (AvgIpc) is 2.59. The number of amides is 1. The van der Waals surface area contributed by atoms with Gasteiger partial charge >= 0.3 is 0 Å². The van der Waals surface area contributed by atoms with E-state index in [-0.39, 0.29) is 5.69 Å². The first-order valence-electron chi connectivity index (χ1n) is 7.41.